The molecule has 0 radical (unpaired) electrons. The lowest BCUT2D eigenvalue weighted by Gasteiger charge is -2.24. The van der Waals surface area contributed by atoms with Crippen LogP contribution >= 0.6 is 0 Å². The van der Waals surface area contributed by atoms with Crippen LogP contribution in [0.25, 0.3) is 0 Å². The molecule has 1 N–H and O–H groups in total. The van der Waals surface area contributed by atoms with Gasteiger partial charge in [-0.05, 0) is 26.3 Å². The van der Waals surface area contributed by atoms with Gasteiger partial charge in [-0.2, -0.15) is 0 Å². The van der Waals surface area contributed by atoms with E-state index < -0.39 is 0 Å². The van der Waals surface area contributed by atoms with E-state index >= 15 is 0 Å². The highest BCUT2D eigenvalue weighted by Crippen LogP contribution is 2.35. The second-order valence-corrected chi connectivity index (χ2v) is 4.74. The van der Waals surface area contributed by atoms with Crippen LogP contribution in [-0.4, -0.2) is 12.3 Å². The van der Waals surface area contributed by atoms with Crippen molar-refractivity contribution in [3.8, 4) is 11.5 Å². The lowest BCUT2D eigenvalue weighted by molar-refractivity contribution is 0.173. The zero-order valence-corrected chi connectivity index (χ0v) is 10.2. The molecule has 2 rings (SSSR count). The van der Waals surface area contributed by atoms with Gasteiger partial charge in [0.1, 0.15) is 0 Å². The molecule has 1 heterocycles. The van der Waals surface area contributed by atoms with Gasteiger partial charge in [0, 0.05) is 17.6 Å². The first-order valence-electron chi connectivity index (χ1n) is 5.75. The lowest BCUT2D eigenvalue weighted by Crippen LogP contribution is -2.37. The third kappa shape index (κ3) is 2.30. The molecule has 1 aromatic rings. The van der Waals surface area contributed by atoms with Crippen LogP contribution in [0.2, 0.25) is 0 Å². The van der Waals surface area contributed by atoms with Crippen LogP contribution in [0.5, 0.6) is 11.5 Å². The van der Waals surface area contributed by atoms with E-state index in [1.165, 1.54) is 0 Å². The highest BCUT2D eigenvalue weighted by atomic mass is 16.7. The van der Waals surface area contributed by atoms with Gasteiger partial charge in [0.15, 0.2) is 11.5 Å². The Morgan fingerprint density at radius 3 is 2.88 bits per heavy atom. The van der Waals surface area contributed by atoms with E-state index in [1.54, 1.807) is 0 Å². The summed E-state index contributed by atoms with van der Waals surface area (Å²) in [5.41, 5.74) is 1.32. The summed E-state index contributed by atoms with van der Waals surface area (Å²) in [5, 5.41) is 3.52. The van der Waals surface area contributed by atoms with Crippen molar-refractivity contribution in [1.82, 2.24) is 5.32 Å². The first kappa shape index (κ1) is 11.3. The van der Waals surface area contributed by atoms with Crippen molar-refractivity contribution in [3.63, 3.8) is 0 Å². The molecule has 1 aliphatic heterocycles. The molecule has 3 nitrogen and oxygen atoms in total. The first-order chi connectivity index (χ1) is 7.62. The summed E-state index contributed by atoms with van der Waals surface area (Å²) in [6.07, 6.45) is 1.10. The SMILES string of the molecule is CCC(C)(C)NCc1cccc2c1OCO2. The quantitative estimate of drug-likeness (QED) is 0.848. The minimum atomic E-state index is 0.155. The van der Waals surface area contributed by atoms with Gasteiger partial charge in [-0.1, -0.05) is 19.1 Å². The average molecular weight is 221 g/mol. The summed E-state index contributed by atoms with van der Waals surface area (Å²) >= 11 is 0. The Bertz CT molecular complexity index is 374. The largest absolute Gasteiger partial charge is 0.454 e. The Hall–Kier alpha value is -1.22. The fourth-order valence-electron chi connectivity index (χ4n) is 1.59. The fraction of sp³-hybridized carbons (Fsp3) is 0.538. The van der Waals surface area contributed by atoms with E-state index in [-0.39, 0.29) is 5.54 Å². The molecule has 3 heteroatoms. The van der Waals surface area contributed by atoms with Gasteiger partial charge in [-0.15, -0.1) is 0 Å². The van der Waals surface area contributed by atoms with Gasteiger partial charge in [0.25, 0.3) is 0 Å². The van der Waals surface area contributed by atoms with Crippen molar-refractivity contribution in [3.05, 3.63) is 23.8 Å². The summed E-state index contributed by atoms with van der Waals surface area (Å²) in [6, 6.07) is 6.02. The molecule has 1 aliphatic rings. The highest BCUT2D eigenvalue weighted by Gasteiger charge is 2.19. The lowest BCUT2D eigenvalue weighted by atomic mass is 10.0. The summed E-state index contributed by atoms with van der Waals surface area (Å²) in [4.78, 5) is 0. The van der Waals surface area contributed by atoms with Gasteiger partial charge in [0.05, 0.1) is 0 Å². The Balaban J connectivity index is 2.08. The van der Waals surface area contributed by atoms with Crippen molar-refractivity contribution in [2.45, 2.75) is 39.3 Å². The second kappa shape index (κ2) is 4.34. The van der Waals surface area contributed by atoms with Crippen LogP contribution in [0.4, 0.5) is 0 Å². The minimum Gasteiger partial charge on any atom is -0.454 e. The molecule has 0 atom stereocenters. The Morgan fingerprint density at radius 1 is 1.31 bits per heavy atom. The average Bonchev–Trinajstić information content (AvgIpc) is 2.75. The van der Waals surface area contributed by atoms with Gasteiger partial charge in [-0.25, -0.2) is 0 Å². The van der Waals surface area contributed by atoms with Crippen molar-refractivity contribution in [1.29, 1.82) is 0 Å². The molecule has 0 aromatic heterocycles. The predicted octanol–water partition coefficient (Wildman–Crippen LogP) is 2.69. The van der Waals surface area contributed by atoms with Crippen LogP contribution in [-0.2, 0) is 6.54 Å². The van der Waals surface area contributed by atoms with Crippen LogP contribution in [0, 0.1) is 0 Å². The number of hydrogen-bond donors (Lipinski definition) is 1. The summed E-state index contributed by atoms with van der Waals surface area (Å²) < 4.78 is 10.8. The number of para-hydroxylation sites is 1. The third-order valence-corrected chi connectivity index (χ3v) is 3.12. The maximum atomic E-state index is 5.47. The van der Waals surface area contributed by atoms with E-state index in [9.17, 15) is 0 Å². The summed E-state index contributed by atoms with van der Waals surface area (Å²) in [7, 11) is 0. The van der Waals surface area contributed by atoms with Gasteiger partial charge in [0.2, 0.25) is 6.79 Å². The summed E-state index contributed by atoms with van der Waals surface area (Å²) in [5.74, 6) is 1.75. The standard InChI is InChI=1S/C13H19NO2/c1-4-13(2,3)14-8-10-6-5-7-11-12(10)16-9-15-11/h5-7,14H,4,8-9H2,1-3H3. The van der Waals surface area contributed by atoms with E-state index in [2.05, 4.69) is 32.2 Å². The fourth-order valence-corrected chi connectivity index (χ4v) is 1.59. The summed E-state index contributed by atoms with van der Waals surface area (Å²) in [6.45, 7) is 7.74. The highest BCUT2D eigenvalue weighted by molar-refractivity contribution is 5.48. The van der Waals surface area contributed by atoms with E-state index in [4.69, 9.17) is 9.47 Å². The van der Waals surface area contributed by atoms with E-state index in [0.717, 1.165) is 30.0 Å². The second-order valence-electron chi connectivity index (χ2n) is 4.74. The van der Waals surface area contributed by atoms with Crippen molar-refractivity contribution < 1.29 is 9.47 Å². The number of benzene rings is 1. The molecule has 0 saturated heterocycles. The zero-order valence-electron chi connectivity index (χ0n) is 10.2. The van der Waals surface area contributed by atoms with Crippen molar-refractivity contribution in [2.24, 2.45) is 0 Å². The molecule has 0 fully saturated rings. The number of ether oxygens (including phenoxy) is 2. The number of hydrogen-bond acceptors (Lipinski definition) is 3. The molecule has 0 saturated carbocycles. The molecule has 0 unspecified atom stereocenters. The number of fused-ring (bicyclic) bond motifs is 1. The normalized spacial score (nSPS) is 14.2. The maximum Gasteiger partial charge on any atom is 0.231 e. The smallest absolute Gasteiger partial charge is 0.231 e. The topological polar surface area (TPSA) is 30.5 Å². The van der Waals surface area contributed by atoms with Crippen LogP contribution in [0.1, 0.15) is 32.8 Å². The van der Waals surface area contributed by atoms with Crippen LogP contribution in [0.15, 0.2) is 18.2 Å². The minimum absolute atomic E-state index is 0.155. The van der Waals surface area contributed by atoms with Gasteiger partial charge < -0.3 is 14.8 Å². The molecular formula is C13H19NO2. The Kier molecular flexibility index (Phi) is 3.06. The molecule has 0 spiro atoms. The number of nitrogens with one attached hydrogen (secondary N) is 1. The van der Waals surface area contributed by atoms with Crippen molar-refractivity contribution >= 4 is 0 Å². The van der Waals surface area contributed by atoms with Crippen LogP contribution < -0.4 is 14.8 Å². The molecule has 0 aliphatic carbocycles. The van der Waals surface area contributed by atoms with Crippen molar-refractivity contribution in [2.75, 3.05) is 6.79 Å². The molecule has 88 valence electrons. The predicted molar refractivity (Wildman–Crippen MR) is 63.8 cm³/mol. The molecule has 0 amide bonds. The molecule has 16 heavy (non-hydrogen) atoms. The molecule has 1 aromatic carbocycles. The van der Waals surface area contributed by atoms with E-state index in [1.807, 2.05) is 12.1 Å². The van der Waals surface area contributed by atoms with E-state index in [0.29, 0.717) is 6.79 Å². The monoisotopic (exact) mass is 221 g/mol. The van der Waals surface area contributed by atoms with Crippen LogP contribution in [0.3, 0.4) is 0 Å². The first-order valence-corrected chi connectivity index (χ1v) is 5.75. The molecule has 0 bridgehead atoms. The van der Waals surface area contributed by atoms with Gasteiger partial charge >= 0.3 is 0 Å². The Morgan fingerprint density at radius 2 is 2.12 bits per heavy atom. The Labute approximate surface area is 96.8 Å². The maximum absolute atomic E-state index is 5.47. The number of rotatable bonds is 4. The third-order valence-electron chi connectivity index (χ3n) is 3.12. The molecular weight excluding hydrogens is 202 g/mol. The van der Waals surface area contributed by atoms with Gasteiger partial charge in [-0.3, -0.25) is 0 Å². The zero-order chi connectivity index (χ0) is 11.6.